The van der Waals surface area contributed by atoms with E-state index in [4.69, 9.17) is 14.2 Å². The van der Waals surface area contributed by atoms with Gasteiger partial charge >= 0.3 is 17.9 Å². The minimum absolute atomic E-state index is 0.00744. The van der Waals surface area contributed by atoms with Gasteiger partial charge in [-0.1, -0.05) is 20.4 Å². The lowest BCUT2D eigenvalue weighted by Gasteiger charge is -2.23. The molecule has 0 aliphatic rings. The number of rotatable bonds is 12. The van der Waals surface area contributed by atoms with Crippen LogP contribution in [0.25, 0.3) is 0 Å². The zero-order chi connectivity index (χ0) is 19.5. The van der Waals surface area contributed by atoms with Crippen LogP contribution in [0.3, 0.4) is 0 Å². The summed E-state index contributed by atoms with van der Waals surface area (Å²) < 4.78 is 40.4. The van der Waals surface area contributed by atoms with E-state index in [2.05, 4.69) is 10.8 Å². The molecule has 0 amide bonds. The maximum atomic E-state index is 11.6. The Morgan fingerprint density at radius 2 is 1.48 bits per heavy atom. The van der Waals surface area contributed by atoms with E-state index in [0.717, 1.165) is 12.3 Å². The monoisotopic (exact) mass is 380 g/mol. The summed E-state index contributed by atoms with van der Waals surface area (Å²) in [5.41, 5.74) is -0.585. The number of esters is 3. The summed E-state index contributed by atoms with van der Waals surface area (Å²) in [6.45, 7) is 6.30. The van der Waals surface area contributed by atoms with Crippen LogP contribution in [0.5, 0.6) is 0 Å². The second kappa shape index (κ2) is 10.8. The van der Waals surface area contributed by atoms with Crippen molar-refractivity contribution in [3.63, 3.8) is 0 Å². The molecule has 0 aliphatic heterocycles. The molecule has 0 unspecified atom stereocenters. The van der Waals surface area contributed by atoms with Crippen molar-refractivity contribution in [2.24, 2.45) is 5.41 Å². The van der Waals surface area contributed by atoms with Crippen LogP contribution in [0.15, 0.2) is 12.7 Å². The summed E-state index contributed by atoms with van der Waals surface area (Å²) in [4.78, 5) is 34.0. The Bertz CT molecular complexity index is 578. The van der Waals surface area contributed by atoms with Crippen molar-refractivity contribution < 1.29 is 41.2 Å². The van der Waals surface area contributed by atoms with Gasteiger partial charge in [-0.05, 0) is 0 Å². The van der Waals surface area contributed by atoms with E-state index in [0.29, 0.717) is 0 Å². The van der Waals surface area contributed by atoms with Crippen LogP contribution in [-0.4, -0.2) is 59.0 Å². The number of carbonyl (C=O) groups excluding carboxylic acids is 3. The van der Waals surface area contributed by atoms with Crippen molar-refractivity contribution >= 4 is 28.0 Å². The molecule has 10 heteroatoms. The van der Waals surface area contributed by atoms with Crippen molar-refractivity contribution in [2.75, 3.05) is 32.7 Å². The minimum atomic E-state index is -3.58. The largest absolute Gasteiger partial charge is 0.465 e. The Labute approximate surface area is 147 Å². The highest BCUT2D eigenvalue weighted by Gasteiger charge is 2.22. The SMILES string of the molecule is C=CC(=O)OCC(C)(C)COC(=O)CCC(=O)OCCOS(C)(=O)=O. The minimum Gasteiger partial charge on any atom is -0.465 e. The summed E-state index contributed by atoms with van der Waals surface area (Å²) in [5, 5.41) is 0. The molecule has 25 heavy (non-hydrogen) atoms. The Kier molecular flexibility index (Phi) is 9.99. The fourth-order valence-electron chi connectivity index (χ4n) is 1.33. The molecule has 0 spiro atoms. The molecule has 0 aliphatic carbocycles. The predicted molar refractivity (Wildman–Crippen MR) is 86.9 cm³/mol. The fraction of sp³-hybridized carbons (Fsp3) is 0.667. The first-order chi connectivity index (χ1) is 11.4. The van der Waals surface area contributed by atoms with Crippen LogP contribution in [0.1, 0.15) is 26.7 Å². The maximum absolute atomic E-state index is 11.6. The molecular formula is C15H24O9S. The standard InChI is InChI=1S/C15H24O9S/c1-5-12(16)22-10-15(2,3)11-23-14(18)7-6-13(17)21-8-9-24-25(4,19)20/h5H,1,6-11H2,2-4H3. The molecule has 9 nitrogen and oxygen atoms in total. The van der Waals surface area contributed by atoms with Crippen LogP contribution < -0.4 is 0 Å². The molecule has 0 atom stereocenters. The fourth-order valence-corrected chi connectivity index (χ4v) is 1.70. The summed E-state index contributed by atoms with van der Waals surface area (Å²) in [6, 6.07) is 0. The van der Waals surface area contributed by atoms with Gasteiger partial charge < -0.3 is 14.2 Å². The topological polar surface area (TPSA) is 122 Å². The molecule has 0 aromatic heterocycles. The van der Waals surface area contributed by atoms with Gasteiger partial charge in [0.2, 0.25) is 0 Å². The van der Waals surface area contributed by atoms with Gasteiger partial charge in [0.15, 0.2) is 0 Å². The van der Waals surface area contributed by atoms with Crippen molar-refractivity contribution in [2.45, 2.75) is 26.7 Å². The first-order valence-corrected chi connectivity index (χ1v) is 9.22. The molecule has 0 fully saturated rings. The molecule has 0 N–H and O–H groups in total. The van der Waals surface area contributed by atoms with Crippen LogP contribution in [0.2, 0.25) is 0 Å². The molecule has 0 aromatic carbocycles. The smallest absolute Gasteiger partial charge is 0.330 e. The molecular weight excluding hydrogens is 356 g/mol. The Morgan fingerprint density at radius 3 is 2.00 bits per heavy atom. The number of carbonyl (C=O) groups is 3. The first-order valence-electron chi connectivity index (χ1n) is 7.40. The molecule has 0 heterocycles. The molecule has 0 aromatic rings. The number of hydrogen-bond donors (Lipinski definition) is 0. The van der Waals surface area contributed by atoms with E-state index in [1.54, 1.807) is 13.8 Å². The van der Waals surface area contributed by atoms with Crippen LogP contribution in [0, 0.1) is 5.41 Å². The normalized spacial score (nSPS) is 11.5. The lowest BCUT2D eigenvalue weighted by molar-refractivity contribution is -0.154. The van der Waals surface area contributed by atoms with Crippen LogP contribution >= 0.6 is 0 Å². The third kappa shape index (κ3) is 14.1. The van der Waals surface area contributed by atoms with E-state index in [-0.39, 0.29) is 39.3 Å². The average Bonchev–Trinajstić information content (AvgIpc) is 2.52. The molecule has 144 valence electrons. The van der Waals surface area contributed by atoms with Crippen LogP contribution in [0.4, 0.5) is 0 Å². The van der Waals surface area contributed by atoms with Crippen molar-refractivity contribution in [1.29, 1.82) is 0 Å². The van der Waals surface area contributed by atoms with Gasteiger partial charge in [0.05, 0.1) is 32.3 Å². The van der Waals surface area contributed by atoms with Crippen molar-refractivity contribution in [3.05, 3.63) is 12.7 Å². The van der Waals surface area contributed by atoms with Gasteiger partial charge in [-0.3, -0.25) is 13.8 Å². The number of hydrogen-bond acceptors (Lipinski definition) is 9. The highest BCUT2D eigenvalue weighted by Crippen LogP contribution is 2.16. The van der Waals surface area contributed by atoms with Crippen molar-refractivity contribution in [3.8, 4) is 0 Å². The highest BCUT2D eigenvalue weighted by atomic mass is 32.2. The predicted octanol–water partition coefficient (Wildman–Crippen LogP) is 0.585. The van der Waals surface area contributed by atoms with E-state index in [1.165, 1.54) is 0 Å². The average molecular weight is 380 g/mol. The van der Waals surface area contributed by atoms with Crippen molar-refractivity contribution in [1.82, 2.24) is 0 Å². The first kappa shape index (κ1) is 23.1. The van der Waals surface area contributed by atoms with Gasteiger partial charge in [-0.15, -0.1) is 0 Å². The lowest BCUT2D eigenvalue weighted by Crippen LogP contribution is -2.28. The lowest BCUT2D eigenvalue weighted by atomic mass is 9.96. The summed E-state index contributed by atoms with van der Waals surface area (Å²) >= 11 is 0. The van der Waals surface area contributed by atoms with Gasteiger partial charge in [0.1, 0.15) is 13.2 Å². The maximum Gasteiger partial charge on any atom is 0.330 e. The summed E-state index contributed by atoms with van der Waals surface area (Å²) in [5.74, 6) is -1.84. The van der Waals surface area contributed by atoms with E-state index in [9.17, 15) is 22.8 Å². The Balaban J connectivity index is 3.93. The Morgan fingerprint density at radius 1 is 0.960 bits per heavy atom. The molecule has 0 rings (SSSR count). The zero-order valence-electron chi connectivity index (χ0n) is 14.6. The summed E-state index contributed by atoms with van der Waals surface area (Å²) in [6.07, 6.45) is 1.53. The third-order valence-corrected chi connectivity index (χ3v) is 3.17. The molecule has 0 saturated heterocycles. The van der Waals surface area contributed by atoms with Gasteiger partial charge in [0, 0.05) is 11.5 Å². The van der Waals surface area contributed by atoms with Crippen LogP contribution in [-0.2, 0) is 42.9 Å². The molecule has 0 radical (unpaired) electrons. The van der Waals surface area contributed by atoms with E-state index in [1.807, 2.05) is 0 Å². The number of ether oxygens (including phenoxy) is 3. The van der Waals surface area contributed by atoms with Gasteiger partial charge in [0.25, 0.3) is 10.1 Å². The second-order valence-electron chi connectivity index (χ2n) is 5.88. The quantitative estimate of drug-likeness (QED) is 0.157. The van der Waals surface area contributed by atoms with E-state index < -0.39 is 33.4 Å². The zero-order valence-corrected chi connectivity index (χ0v) is 15.4. The van der Waals surface area contributed by atoms with E-state index >= 15 is 0 Å². The van der Waals surface area contributed by atoms with Gasteiger partial charge in [-0.25, -0.2) is 4.79 Å². The second-order valence-corrected chi connectivity index (χ2v) is 7.53. The molecule has 0 bridgehead atoms. The third-order valence-electron chi connectivity index (χ3n) is 2.57. The highest BCUT2D eigenvalue weighted by molar-refractivity contribution is 7.85. The molecule has 0 saturated carbocycles. The van der Waals surface area contributed by atoms with Gasteiger partial charge in [-0.2, -0.15) is 8.42 Å². The summed E-state index contributed by atoms with van der Waals surface area (Å²) in [7, 11) is -3.58. The Hall–Kier alpha value is -1.94.